The molecule has 0 spiro atoms. The van der Waals surface area contributed by atoms with Crippen LogP contribution in [0.4, 0.5) is 0 Å². The van der Waals surface area contributed by atoms with Gasteiger partial charge in [0, 0.05) is 0 Å². The molecule has 3 rings (SSSR count). The van der Waals surface area contributed by atoms with Gasteiger partial charge >= 0.3 is 11.9 Å². The van der Waals surface area contributed by atoms with Crippen LogP contribution in [0.15, 0.2) is 36.4 Å². The highest BCUT2D eigenvalue weighted by atomic mass is 16.5. The van der Waals surface area contributed by atoms with Crippen molar-refractivity contribution in [1.29, 1.82) is 0 Å². The van der Waals surface area contributed by atoms with Crippen LogP contribution in [0.2, 0.25) is 0 Å². The topological polar surface area (TPSA) is 52.6 Å². The molecule has 0 aromatic heterocycles. The summed E-state index contributed by atoms with van der Waals surface area (Å²) in [6.07, 6.45) is 10.0. The number of fused-ring (bicyclic) bond motifs is 2. The summed E-state index contributed by atoms with van der Waals surface area (Å²) in [6.45, 7) is 9.33. The zero-order valence-electron chi connectivity index (χ0n) is 22.6. The van der Waals surface area contributed by atoms with Crippen LogP contribution in [0.3, 0.4) is 0 Å². The van der Waals surface area contributed by atoms with E-state index in [-0.39, 0.29) is 11.9 Å². The molecule has 0 saturated heterocycles. The Morgan fingerprint density at radius 3 is 1.36 bits per heavy atom. The van der Waals surface area contributed by atoms with Crippen molar-refractivity contribution in [3.05, 3.63) is 58.7 Å². The Morgan fingerprint density at radius 1 is 0.556 bits per heavy atom. The van der Waals surface area contributed by atoms with Crippen molar-refractivity contribution in [2.75, 3.05) is 13.2 Å². The summed E-state index contributed by atoms with van der Waals surface area (Å²) in [5.74, 6) is -0.642. The second-order valence-electron chi connectivity index (χ2n) is 9.61. The molecular formula is C32H42O4. The molecule has 4 heteroatoms. The number of carbonyl (C=O) groups excluding carboxylic acids is 2. The van der Waals surface area contributed by atoms with E-state index in [0.717, 1.165) is 96.9 Å². The smallest absolute Gasteiger partial charge is 0.339 e. The largest absolute Gasteiger partial charge is 0.462 e. The number of benzene rings is 3. The van der Waals surface area contributed by atoms with Crippen LogP contribution in [0, 0.1) is 0 Å². The minimum absolute atomic E-state index is 0.317. The summed E-state index contributed by atoms with van der Waals surface area (Å²) in [5.41, 5.74) is 3.33. The van der Waals surface area contributed by atoms with E-state index in [1.54, 1.807) is 0 Å². The van der Waals surface area contributed by atoms with Crippen molar-refractivity contribution >= 4 is 33.5 Å². The van der Waals surface area contributed by atoms with Crippen LogP contribution >= 0.6 is 0 Å². The number of aryl methyl sites for hydroxylation is 2. The number of ether oxygens (including phenoxy) is 2. The number of rotatable bonds is 14. The predicted molar refractivity (Wildman–Crippen MR) is 149 cm³/mol. The average Bonchev–Trinajstić information content (AvgIpc) is 2.90. The van der Waals surface area contributed by atoms with Gasteiger partial charge in [-0.3, -0.25) is 0 Å². The predicted octanol–water partition coefficient (Wildman–Crippen LogP) is 8.59. The lowest BCUT2D eigenvalue weighted by molar-refractivity contribution is 0.0490. The summed E-state index contributed by atoms with van der Waals surface area (Å²) in [6, 6.07) is 12.1. The highest BCUT2D eigenvalue weighted by Crippen LogP contribution is 2.35. The quantitative estimate of drug-likeness (QED) is 0.129. The van der Waals surface area contributed by atoms with E-state index in [9.17, 15) is 9.59 Å². The average molecular weight is 491 g/mol. The van der Waals surface area contributed by atoms with E-state index in [4.69, 9.17) is 9.47 Å². The van der Waals surface area contributed by atoms with Crippen LogP contribution in [0.1, 0.15) is 111 Å². The van der Waals surface area contributed by atoms with Gasteiger partial charge in [-0.25, -0.2) is 9.59 Å². The summed E-state index contributed by atoms with van der Waals surface area (Å²) in [7, 11) is 0. The van der Waals surface area contributed by atoms with Gasteiger partial charge in [0.2, 0.25) is 0 Å². The van der Waals surface area contributed by atoms with Crippen LogP contribution in [0.25, 0.3) is 21.5 Å². The van der Waals surface area contributed by atoms with Gasteiger partial charge in [-0.2, -0.15) is 0 Å². The lowest BCUT2D eigenvalue weighted by Gasteiger charge is -2.17. The summed E-state index contributed by atoms with van der Waals surface area (Å²) >= 11 is 0. The van der Waals surface area contributed by atoms with E-state index < -0.39 is 0 Å². The molecule has 0 aliphatic rings. The normalized spacial score (nSPS) is 11.2. The molecule has 0 aliphatic carbocycles. The van der Waals surface area contributed by atoms with Gasteiger partial charge in [0.1, 0.15) is 0 Å². The van der Waals surface area contributed by atoms with Crippen molar-refractivity contribution in [2.24, 2.45) is 0 Å². The number of hydrogen-bond donors (Lipinski definition) is 0. The Balaban J connectivity index is 2.12. The lowest BCUT2D eigenvalue weighted by atomic mass is 9.89. The van der Waals surface area contributed by atoms with Crippen molar-refractivity contribution in [2.45, 2.75) is 91.9 Å². The van der Waals surface area contributed by atoms with E-state index in [1.165, 1.54) is 0 Å². The second kappa shape index (κ2) is 14.0. The van der Waals surface area contributed by atoms with Crippen LogP contribution in [0.5, 0.6) is 0 Å². The molecule has 0 unspecified atom stereocenters. The molecule has 36 heavy (non-hydrogen) atoms. The molecule has 0 amide bonds. The standard InChI is InChI=1S/C32H42O4/c1-5-9-11-13-19-35-31(33)29-25-17-15-23(7-3)21-27(25)30(32(34)36-20-14-12-10-6-2)28-22-24(8-4)16-18-26(28)29/h15-18,21-22H,5-14,19-20H2,1-4H3. The first-order valence-corrected chi connectivity index (χ1v) is 13.9. The maximum Gasteiger partial charge on any atom is 0.339 e. The third-order valence-corrected chi connectivity index (χ3v) is 6.93. The summed E-state index contributed by atoms with van der Waals surface area (Å²) in [5, 5.41) is 3.04. The number of unbranched alkanes of at least 4 members (excludes halogenated alkanes) is 6. The minimum atomic E-state index is -0.325. The molecular weight excluding hydrogens is 448 g/mol. The van der Waals surface area contributed by atoms with Crippen molar-refractivity contribution < 1.29 is 19.1 Å². The SMILES string of the molecule is CCCCCCOC(=O)c1c2ccc(CC)cc2c(C(=O)OCCCCCC)c2cc(CC)ccc12. The second-order valence-corrected chi connectivity index (χ2v) is 9.61. The van der Waals surface area contributed by atoms with Gasteiger partial charge in [0.15, 0.2) is 0 Å². The monoisotopic (exact) mass is 490 g/mol. The molecule has 4 nitrogen and oxygen atoms in total. The number of hydrogen-bond acceptors (Lipinski definition) is 4. The van der Waals surface area contributed by atoms with E-state index >= 15 is 0 Å². The molecule has 194 valence electrons. The van der Waals surface area contributed by atoms with Gasteiger partial charge in [0.25, 0.3) is 0 Å². The molecule has 3 aromatic rings. The number of carbonyl (C=O) groups is 2. The van der Waals surface area contributed by atoms with E-state index in [2.05, 4.69) is 27.7 Å². The van der Waals surface area contributed by atoms with Crippen molar-refractivity contribution in [1.82, 2.24) is 0 Å². The van der Waals surface area contributed by atoms with Crippen molar-refractivity contribution in [3.8, 4) is 0 Å². The zero-order chi connectivity index (χ0) is 25.9. The first-order chi connectivity index (χ1) is 17.5. The molecule has 3 aromatic carbocycles. The Kier molecular flexibility index (Phi) is 10.8. The Labute approximate surface area is 216 Å². The molecule has 0 bridgehead atoms. The third-order valence-electron chi connectivity index (χ3n) is 6.93. The third kappa shape index (κ3) is 6.66. The van der Waals surface area contributed by atoms with E-state index in [0.29, 0.717) is 24.3 Å². The van der Waals surface area contributed by atoms with Crippen molar-refractivity contribution in [3.63, 3.8) is 0 Å². The fourth-order valence-electron chi connectivity index (χ4n) is 4.73. The Morgan fingerprint density at radius 2 is 0.972 bits per heavy atom. The first-order valence-electron chi connectivity index (χ1n) is 13.9. The highest BCUT2D eigenvalue weighted by Gasteiger charge is 2.24. The van der Waals surface area contributed by atoms with E-state index in [1.807, 2.05) is 36.4 Å². The maximum absolute atomic E-state index is 13.5. The minimum Gasteiger partial charge on any atom is -0.462 e. The van der Waals surface area contributed by atoms with Gasteiger partial charge in [-0.05, 0) is 58.4 Å². The molecule has 0 N–H and O–H groups in total. The highest BCUT2D eigenvalue weighted by molar-refractivity contribution is 6.24. The van der Waals surface area contributed by atoms with Gasteiger partial charge in [-0.15, -0.1) is 0 Å². The fourth-order valence-corrected chi connectivity index (χ4v) is 4.73. The zero-order valence-corrected chi connectivity index (χ0v) is 22.6. The fraction of sp³-hybridized carbons (Fsp3) is 0.500. The molecule has 0 aliphatic heterocycles. The van der Waals surface area contributed by atoms with Crippen LogP contribution in [-0.4, -0.2) is 25.2 Å². The Hall–Kier alpha value is -2.88. The van der Waals surface area contributed by atoms with Gasteiger partial charge in [0.05, 0.1) is 24.3 Å². The molecule has 0 saturated carbocycles. The molecule has 0 radical (unpaired) electrons. The molecule has 0 atom stereocenters. The summed E-state index contributed by atoms with van der Waals surface area (Å²) in [4.78, 5) is 26.9. The van der Waals surface area contributed by atoms with Gasteiger partial charge in [-0.1, -0.05) is 103 Å². The first kappa shape index (κ1) is 27.7. The van der Waals surface area contributed by atoms with Gasteiger partial charge < -0.3 is 9.47 Å². The molecule has 0 heterocycles. The van der Waals surface area contributed by atoms with Crippen LogP contribution in [-0.2, 0) is 22.3 Å². The lowest BCUT2D eigenvalue weighted by Crippen LogP contribution is -2.13. The van der Waals surface area contributed by atoms with Crippen LogP contribution < -0.4 is 0 Å². The maximum atomic E-state index is 13.5. The number of esters is 2. The molecule has 0 fully saturated rings. The Bertz CT molecular complexity index is 1110. The summed E-state index contributed by atoms with van der Waals surface area (Å²) < 4.78 is 11.5.